The summed E-state index contributed by atoms with van der Waals surface area (Å²) in [6.45, 7) is 4.61. The lowest BCUT2D eigenvalue weighted by Crippen LogP contribution is -2.17. The van der Waals surface area contributed by atoms with Crippen molar-refractivity contribution < 1.29 is 9.18 Å². The number of carbonyl (C=O) groups excluding carboxylic acids is 1. The van der Waals surface area contributed by atoms with Crippen molar-refractivity contribution in [2.45, 2.75) is 20.4 Å². The number of hydrogen-bond donors (Lipinski definition) is 1. The van der Waals surface area contributed by atoms with E-state index >= 15 is 0 Å². The van der Waals surface area contributed by atoms with Crippen molar-refractivity contribution in [2.75, 3.05) is 0 Å². The molecule has 1 amide bonds. The lowest BCUT2D eigenvalue weighted by atomic mass is 10.1. The van der Waals surface area contributed by atoms with Gasteiger partial charge in [0.15, 0.2) is 0 Å². The molecule has 0 aliphatic carbocycles. The van der Waals surface area contributed by atoms with Gasteiger partial charge in [-0.05, 0) is 43.7 Å². The number of hydrazone groups is 1. The summed E-state index contributed by atoms with van der Waals surface area (Å²) in [7, 11) is 0. The second-order valence-electron chi connectivity index (χ2n) is 6.00. The second-order valence-corrected chi connectivity index (χ2v) is 6.00. The molecule has 2 aromatic carbocycles. The molecule has 6 heteroatoms. The maximum atomic E-state index is 13.5. The van der Waals surface area contributed by atoms with Gasteiger partial charge in [0.2, 0.25) is 0 Å². The molecule has 5 nitrogen and oxygen atoms in total. The summed E-state index contributed by atoms with van der Waals surface area (Å²) in [6, 6.07) is 15.5. The quantitative estimate of drug-likeness (QED) is 0.566. The Bertz CT molecular complexity index is 945. The summed E-state index contributed by atoms with van der Waals surface area (Å²) >= 11 is 0. The van der Waals surface area contributed by atoms with E-state index in [-0.39, 0.29) is 11.7 Å². The number of rotatable bonds is 5. The van der Waals surface area contributed by atoms with E-state index < -0.39 is 0 Å². The highest BCUT2D eigenvalue weighted by atomic mass is 19.1. The Labute approximate surface area is 151 Å². The molecule has 26 heavy (non-hydrogen) atoms. The summed E-state index contributed by atoms with van der Waals surface area (Å²) in [6.07, 6.45) is 1.28. The van der Waals surface area contributed by atoms with Crippen LogP contribution in [0.15, 0.2) is 59.7 Å². The minimum atomic E-state index is -0.390. The zero-order chi connectivity index (χ0) is 18.5. The zero-order valence-electron chi connectivity index (χ0n) is 14.6. The molecule has 3 aromatic rings. The number of aryl methyl sites for hydroxylation is 2. The number of carbonyl (C=O) groups is 1. The van der Waals surface area contributed by atoms with Crippen LogP contribution in [0.25, 0.3) is 0 Å². The van der Waals surface area contributed by atoms with Crippen molar-refractivity contribution in [2.24, 2.45) is 5.10 Å². The largest absolute Gasteiger partial charge is 0.271 e. The highest BCUT2D eigenvalue weighted by Gasteiger charge is 2.06. The molecular weight excluding hydrogens is 331 g/mol. The normalized spacial score (nSPS) is 11.0. The van der Waals surface area contributed by atoms with Gasteiger partial charge in [-0.25, -0.2) is 9.82 Å². The second kappa shape index (κ2) is 7.74. The van der Waals surface area contributed by atoms with Crippen molar-refractivity contribution in [1.29, 1.82) is 0 Å². The van der Waals surface area contributed by atoms with Crippen LogP contribution in [-0.4, -0.2) is 21.9 Å². The number of nitrogens with one attached hydrogen (secondary N) is 1. The average Bonchev–Trinajstić information content (AvgIpc) is 2.94. The van der Waals surface area contributed by atoms with Gasteiger partial charge in [-0.2, -0.15) is 10.2 Å². The first kappa shape index (κ1) is 17.5. The van der Waals surface area contributed by atoms with Crippen LogP contribution in [0.3, 0.4) is 0 Å². The molecule has 0 radical (unpaired) electrons. The van der Waals surface area contributed by atoms with Gasteiger partial charge in [-0.15, -0.1) is 0 Å². The van der Waals surface area contributed by atoms with Crippen LogP contribution in [0, 0.1) is 19.7 Å². The van der Waals surface area contributed by atoms with E-state index in [0.717, 1.165) is 17.0 Å². The number of halogens is 1. The number of aromatic nitrogens is 2. The molecule has 132 valence electrons. The van der Waals surface area contributed by atoms with E-state index in [2.05, 4.69) is 15.6 Å². The van der Waals surface area contributed by atoms with E-state index in [1.54, 1.807) is 30.3 Å². The molecule has 1 aromatic heterocycles. The topological polar surface area (TPSA) is 59.3 Å². The Balaban J connectivity index is 1.62. The van der Waals surface area contributed by atoms with Crippen molar-refractivity contribution in [3.8, 4) is 0 Å². The van der Waals surface area contributed by atoms with Gasteiger partial charge in [-0.1, -0.05) is 30.3 Å². The maximum Gasteiger partial charge on any atom is 0.271 e. The Morgan fingerprint density at radius 3 is 2.58 bits per heavy atom. The SMILES string of the molecule is Cc1cc(C)n(Cc2ccc(C(=O)N/N=C/c3ccccc3F)cc2)n1. The van der Waals surface area contributed by atoms with Crippen LogP contribution in [0.5, 0.6) is 0 Å². The molecule has 0 unspecified atom stereocenters. The minimum Gasteiger partial charge on any atom is -0.267 e. The molecule has 0 saturated carbocycles. The molecule has 0 aliphatic heterocycles. The van der Waals surface area contributed by atoms with Crippen molar-refractivity contribution >= 4 is 12.1 Å². The van der Waals surface area contributed by atoms with Gasteiger partial charge >= 0.3 is 0 Å². The molecule has 1 N–H and O–H groups in total. The Morgan fingerprint density at radius 2 is 1.92 bits per heavy atom. The van der Waals surface area contributed by atoms with Crippen LogP contribution in [0.4, 0.5) is 4.39 Å². The van der Waals surface area contributed by atoms with Crippen LogP contribution >= 0.6 is 0 Å². The van der Waals surface area contributed by atoms with Gasteiger partial charge in [0.05, 0.1) is 18.5 Å². The molecule has 0 saturated heterocycles. The maximum absolute atomic E-state index is 13.5. The van der Waals surface area contributed by atoms with Crippen molar-refractivity contribution in [3.05, 3.63) is 88.5 Å². The first-order valence-electron chi connectivity index (χ1n) is 8.21. The molecule has 0 fully saturated rings. The zero-order valence-corrected chi connectivity index (χ0v) is 14.6. The fourth-order valence-electron chi connectivity index (χ4n) is 2.57. The molecule has 0 spiro atoms. The van der Waals surface area contributed by atoms with E-state index in [0.29, 0.717) is 17.7 Å². The van der Waals surface area contributed by atoms with E-state index in [1.807, 2.05) is 36.7 Å². The van der Waals surface area contributed by atoms with E-state index in [1.165, 1.54) is 12.3 Å². The first-order valence-corrected chi connectivity index (χ1v) is 8.21. The van der Waals surface area contributed by atoms with Crippen molar-refractivity contribution in [3.63, 3.8) is 0 Å². The van der Waals surface area contributed by atoms with Gasteiger partial charge in [0.1, 0.15) is 5.82 Å². The summed E-state index contributed by atoms with van der Waals surface area (Å²) in [5.74, 6) is -0.741. The molecule has 0 bridgehead atoms. The summed E-state index contributed by atoms with van der Waals surface area (Å²) in [5, 5.41) is 8.23. The fourth-order valence-corrected chi connectivity index (χ4v) is 2.57. The monoisotopic (exact) mass is 350 g/mol. The predicted molar refractivity (Wildman–Crippen MR) is 98.7 cm³/mol. The van der Waals surface area contributed by atoms with Crippen LogP contribution < -0.4 is 5.43 Å². The highest BCUT2D eigenvalue weighted by Crippen LogP contribution is 2.09. The molecule has 3 rings (SSSR count). The third-order valence-corrected chi connectivity index (χ3v) is 3.93. The van der Waals surface area contributed by atoms with Crippen LogP contribution in [-0.2, 0) is 6.54 Å². The molecular formula is C20H19FN4O. The number of amides is 1. The Hall–Kier alpha value is -3.28. The minimum absolute atomic E-state index is 0.313. The Kier molecular flexibility index (Phi) is 5.22. The van der Waals surface area contributed by atoms with Gasteiger partial charge in [-0.3, -0.25) is 9.48 Å². The van der Waals surface area contributed by atoms with Crippen LogP contribution in [0.2, 0.25) is 0 Å². The predicted octanol–water partition coefficient (Wildman–Crippen LogP) is 3.45. The van der Waals surface area contributed by atoms with Crippen molar-refractivity contribution in [1.82, 2.24) is 15.2 Å². The summed E-state index contributed by atoms with van der Waals surface area (Å²) in [4.78, 5) is 12.1. The van der Waals surface area contributed by atoms with Gasteiger partial charge in [0.25, 0.3) is 5.91 Å². The molecule has 0 atom stereocenters. The number of hydrogen-bond acceptors (Lipinski definition) is 3. The number of benzene rings is 2. The van der Waals surface area contributed by atoms with Gasteiger partial charge < -0.3 is 0 Å². The highest BCUT2D eigenvalue weighted by molar-refractivity contribution is 5.94. The van der Waals surface area contributed by atoms with E-state index in [4.69, 9.17) is 0 Å². The number of nitrogens with zero attached hydrogens (tertiary/aromatic N) is 3. The smallest absolute Gasteiger partial charge is 0.267 e. The standard InChI is InChI=1S/C20H19FN4O/c1-14-11-15(2)25(24-14)13-16-7-9-17(10-8-16)20(26)23-22-12-18-5-3-4-6-19(18)21/h3-12H,13H2,1-2H3,(H,23,26)/b22-12+. The summed E-state index contributed by atoms with van der Waals surface area (Å²) in [5.41, 5.74) is 6.31. The van der Waals surface area contributed by atoms with Gasteiger partial charge in [0, 0.05) is 16.8 Å². The third kappa shape index (κ3) is 4.22. The Morgan fingerprint density at radius 1 is 1.19 bits per heavy atom. The lowest BCUT2D eigenvalue weighted by molar-refractivity contribution is 0.0955. The molecule has 0 aliphatic rings. The first-order chi connectivity index (χ1) is 12.5. The van der Waals surface area contributed by atoms with Crippen LogP contribution in [0.1, 0.15) is 32.9 Å². The van der Waals surface area contributed by atoms with E-state index in [9.17, 15) is 9.18 Å². The molecule has 1 heterocycles. The average molecular weight is 350 g/mol. The third-order valence-electron chi connectivity index (χ3n) is 3.93. The fraction of sp³-hybridized carbons (Fsp3) is 0.150. The lowest BCUT2D eigenvalue weighted by Gasteiger charge is -2.06. The summed E-state index contributed by atoms with van der Waals surface area (Å²) < 4.78 is 15.4.